The monoisotopic (exact) mass is 304 g/mol. The second-order valence-corrected chi connectivity index (χ2v) is 7.15. The smallest absolute Gasteiger partial charge is 0.264 e. The molecule has 0 aliphatic heterocycles. The maximum atomic E-state index is 12.9. The Morgan fingerprint density at radius 2 is 1.48 bits per heavy atom. The maximum absolute atomic E-state index is 12.9. The summed E-state index contributed by atoms with van der Waals surface area (Å²) in [6.07, 6.45) is 0. The number of sulfonamides is 1. The quantitative estimate of drug-likeness (QED) is 0.887. The molecular weight excluding hydrogens is 284 g/mol. The van der Waals surface area contributed by atoms with Crippen LogP contribution in [0.2, 0.25) is 0 Å². The highest BCUT2D eigenvalue weighted by molar-refractivity contribution is 7.92. The molecule has 2 N–H and O–H groups in total. The van der Waals surface area contributed by atoms with Gasteiger partial charge in [0.2, 0.25) is 0 Å². The fourth-order valence-electron chi connectivity index (χ4n) is 2.57. The van der Waals surface area contributed by atoms with Gasteiger partial charge in [-0.25, -0.2) is 8.42 Å². The van der Waals surface area contributed by atoms with Crippen molar-refractivity contribution in [3.63, 3.8) is 0 Å². The van der Waals surface area contributed by atoms with E-state index in [4.69, 9.17) is 5.73 Å². The van der Waals surface area contributed by atoms with Gasteiger partial charge in [0.25, 0.3) is 10.0 Å². The third kappa shape index (κ3) is 2.74. The maximum Gasteiger partial charge on any atom is 0.264 e. The first-order valence-corrected chi connectivity index (χ1v) is 8.10. The SMILES string of the molecule is Cc1ccccc1N(C)S(=O)(=O)c1c(C)cc(N)cc1C. The number of nitrogens with zero attached hydrogens (tertiary/aromatic N) is 1. The van der Waals surface area contributed by atoms with Crippen molar-refractivity contribution in [3.05, 3.63) is 53.1 Å². The lowest BCUT2D eigenvalue weighted by Crippen LogP contribution is -2.28. The molecule has 0 bridgehead atoms. The molecule has 0 atom stereocenters. The van der Waals surface area contributed by atoms with Crippen molar-refractivity contribution in [2.75, 3.05) is 17.1 Å². The first kappa shape index (κ1) is 15.4. The van der Waals surface area contributed by atoms with Gasteiger partial charge in [0, 0.05) is 12.7 Å². The van der Waals surface area contributed by atoms with Crippen LogP contribution in [0, 0.1) is 20.8 Å². The van der Waals surface area contributed by atoms with E-state index in [1.54, 1.807) is 39.1 Å². The van der Waals surface area contributed by atoms with Gasteiger partial charge in [-0.3, -0.25) is 4.31 Å². The second kappa shape index (κ2) is 5.41. The molecule has 112 valence electrons. The molecule has 0 radical (unpaired) electrons. The van der Waals surface area contributed by atoms with Crippen molar-refractivity contribution < 1.29 is 8.42 Å². The lowest BCUT2D eigenvalue weighted by molar-refractivity contribution is 0.593. The molecule has 0 fully saturated rings. The zero-order valence-electron chi connectivity index (χ0n) is 12.7. The topological polar surface area (TPSA) is 63.4 Å². The average Bonchev–Trinajstić information content (AvgIpc) is 2.36. The Morgan fingerprint density at radius 1 is 0.952 bits per heavy atom. The Morgan fingerprint density at radius 3 is 2.00 bits per heavy atom. The predicted octanol–water partition coefficient (Wildman–Crippen LogP) is 3.02. The lowest BCUT2D eigenvalue weighted by atomic mass is 10.1. The number of rotatable bonds is 3. The number of nitrogens with two attached hydrogens (primary N) is 1. The van der Waals surface area contributed by atoms with Crippen molar-refractivity contribution in [2.45, 2.75) is 25.7 Å². The first-order valence-electron chi connectivity index (χ1n) is 6.66. The summed E-state index contributed by atoms with van der Waals surface area (Å²) < 4.78 is 27.2. The zero-order valence-corrected chi connectivity index (χ0v) is 13.5. The number of para-hydroxylation sites is 1. The Labute approximate surface area is 126 Å². The molecule has 2 aromatic carbocycles. The molecule has 5 heteroatoms. The van der Waals surface area contributed by atoms with Crippen LogP contribution in [0.1, 0.15) is 16.7 Å². The van der Waals surface area contributed by atoms with Crippen molar-refractivity contribution in [1.29, 1.82) is 0 Å². The van der Waals surface area contributed by atoms with E-state index in [9.17, 15) is 8.42 Å². The second-order valence-electron chi connectivity index (χ2n) is 5.24. The van der Waals surface area contributed by atoms with E-state index in [2.05, 4.69) is 0 Å². The van der Waals surface area contributed by atoms with E-state index in [0.717, 1.165) is 5.56 Å². The van der Waals surface area contributed by atoms with Crippen LogP contribution in [0.3, 0.4) is 0 Å². The van der Waals surface area contributed by atoms with E-state index in [1.165, 1.54) is 4.31 Å². The molecule has 0 amide bonds. The summed E-state index contributed by atoms with van der Waals surface area (Å²) in [7, 11) is -2.04. The summed E-state index contributed by atoms with van der Waals surface area (Å²) in [4.78, 5) is 0.322. The van der Waals surface area contributed by atoms with Gasteiger partial charge in [-0.15, -0.1) is 0 Å². The molecular formula is C16H20N2O2S. The van der Waals surface area contributed by atoms with E-state index in [0.29, 0.717) is 27.4 Å². The van der Waals surface area contributed by atoms with E-state index in [1.807, 2.05) is 25.1 Å². The molecule has 2 rings (SSSR count). The fourth-order valence-corrected chi connectivity index (χ4v) is 4.24. The van der Waals surface area contributed by atoms with Gasteiger partial charge in [-0.1, -0.05) is 18.2 Å². The number of nitrogen functional groups attached to an aromatic ring is 1. The van der Waals surface area contributed by atoms with Crippen molar-refractivity contribution >= 4 is 21.4 Å². The van der Waals surface area contributed by atoms with Gasteiger partial charge in [0.05, 0.1) is 10.6 Å². The Bertz CT molecular complexity index is 760. The third-order valence-corrected chi connectivity index (χ3v) is 5.63. The minimum absolute atomic E-state index is 0.322. The van der Waals surface area contributed by atoms with Crippen LogP contribution in [0.15, 0.2) is 41.3 Å². The molecule has 21 heavy (non-hydrogen) atoms. The van der Waals surface area contributed by atoms with Gasteiger partial charge < -0.3 is 5.73 Å². The molecule has 4 nitrogen and oxygen atoms in total. The van der Waals surface area contributed by atoms with Gasteiger partial charge in [-0.05, 0) is 55.7 Å². The van der Waals surface area contributed by atoms with E-state index < -0.39 is 10.0 Å². The average molecular weight is 304 g/mol. The molecule has 0 aliphatic rings. The summed E-state index contributed by atoms with van der Waals surface area (Å²) in [6, 6.07) is 10.8. The molecule has 0 saturated carbocycles. The highest BCUT2D eigenvalue weighted by Crippen LogP contribution is 2.29. The summed E-state index contributed by atoms with van der Waals surface area (Å²) in [6.45, 7) is 5.42. The van der Waals surface area contributed by atoms with E-state index >= 15 is 0 Å². The number of benzene rings is 2. The van der Waals surface area contributed by atoms with Gasteiger partial charge in [0.1, 0.15) is 0 Å². The van der Waals surface area contributed by atoms with Crippen molar-refractivity contribution in [1.82, 2.24) is 0 Å². The highest BCUT2D eigenvalue weighted by Gasteiger charge is 2.26. The van der Waals surface area contributed by atoms with Gasteiger partial charge in [0.15, 0.2) is 0 Å². The molecule has 0 heterocycles. The number of hydrogen-bond acceptors (Lipinski definition) is 3. The van der Waals surface area contributed by atoms with Crippen LogP contribution in [-0.4, -0.2) is 15.5 Å². The van der Waals surface area contributed by atoms with Crippen LogP contribution >= 0.6 is 0 Å². The van der Waals surface area contributed by atoms with Crippen LogP contribution in [0.5, 0.6) is 0 Å². The van der Waals surface area contributed by atoms with Crippen LogP contribution < -0.4 is 10.0 Å². The molecule has 0 saturated heterocycles. The summed E-state index contributed by atoms with van der Waals surface area (Å²) in [5.41, 5.74) is 9.25. The van der Waals surface area contributed by atoms with Crippen LogP contribution in [-0.2, 0) is 10.0 Å². The standard InChI is InChI=1S/C16H20N2O2S/c1-11-7-5-6-8-15(11)18(4)21(19,20)16-12(2)9-14(17)10-13(16)3/h5-10H,17H2,1-4H3. The molecule has 0 spiro atoms. The highest BCUT2D eigenvalue weighted by atomic mass is 32.2. The van der Waals surface area contributed by atoms with Crippen molar-refractivity contribution in [3.8, 4) is 0 Å². The largest absolute Gasteiger partial charge is 0.399 e. The lowest BCUT2D eigenvalue weighted by Gasteiger charge is -2.23. The zero-order chi connectivity index (χ0) is 15.8. The van der Waals surface area contributed by atoms with Crippen LogP contribution in [0.25, 0.3) is 0 Å². The number of aryl methyl sites for hydroxylation is 3. The Balaban J connectivity index is 2.61. The predicted molar refractivity (Wildman–Crippen MR) is 87.1 cm³/mol. The molecule has 0 aromatic heterocycles. The third-order valence-electron chi connectivity index (χ3n) is 3.56. The minimum atomic E-state index is -3.61. The molecule has 0 unspecified atom stereocenters. The van der Waals surface area contributed by atoms with Crippen LogP contribution in [0.4, 0.5) is 11.4 Å². The number of hydrogen-bond donors (Lipinski definition) is 1. The number of anilines is 2. The summed E-state index contributed by atoms with van der Waals surface area (Å²) in [5.74, 6) is 0. The van der Waals surface area contributed by atoms with Gasteiger partial charge in [-0.2, -0.15) is 0 Å². The van der Waals surface area contributed by atoms with Crippen molar-refractivity contribution in [2.24, 2.45) is 0 Å². The summed E-state index contributed by atoms with van der Waals surface area (Å²) in [5, 5.41) is 0. The summed E-state index contributed by atoms with van der Waals surface area (Å²) >= 11 is 0. The minimum Gasteiger partial charge on any atom is -0.399 e. The van der Waals surface area contributed by atoms with E-state index in [-0.39, 0.29) is 0 Å². The Hall–Kier alpha value is -2.01. The first-order chi connectivity index (χ1) is 9.75. The molecule has 2 aromatic rings. The van der Waals surface area contributed by atoms with Gasteiger partial charge >= 0.3 is 0 Å². The Kier molecular flexibility index (Phi) is 3.96. The molecule has 0 aliphatic carbocycles. The fraction of sp³-hybridized carbons (Fsp3) is 0.250. The normalized spacial score (nSPS) is 11.4.